The first-order valence-corrected chi connectivity index (χ1v) is 5.97. The summed E-state index contributed by atoms with van der Waals surface area (Å²) in [4.78, 5) is 6.28. The van der Waals surface area contributed by atoms with Gasteiger partial charge in [0.15, 0.2) is 0 Å². The van der Waals surface area contributed by atoms with Crippen molar-refractivity contribution < 1.29 is 5.11 Å². The molecule has 5 nitrogen and oxygen atoms in total. The van der Waals surface area contributed by atoms with E-state index >= 15 is 0 Å². The van der Waals surface area contributed by atoms with Crippen molar-refractivity contribution in [1.82, 2.24) is 19.7 Å². The lowest BCUT2D eigenvalue weighted by Gasteiger charge is -2.20. The molecular weight excluding hydrogens is 228 g/mol. The SMILES string of the molecule is Cn1cc(CN(CCO)Cc2cccnc2)cn1. The van der Waals surface area contributed by atoms with Gasteiger partial charge in [-0.1, -0.05) is 6.07 Å². The molecule has 0 fully saturated rings. The van der Waals surface area contributed by atoms with Gasteiger partial charge >= 0.3 is 0 Å². The van der Waals surface area contributed by atoms with Crippen LogP contribution in [0.15, 0.2) is 36.9 Å². The molecule has 0 saturated heterocycles. The molecule has 0 aliphatic carbocycles. The zero-order chi connectivity index (χ0) is 12.8. The summed E-state index contributed by atoms with van der Waals surface area (Å²) in [6.45, 7) is 2.36. The second kappa shape index (κ2) is 6.28. The molecule has 0 saturated carbocycles. The molecule has 0 aliphatic rings. The summed E-state index contributed by atoms with van der Waals surface area (Å²) in [5.41, 5.74) is 2.30. The summed E-state index contributed by atoms with van der Waals surface area (Å²) in [6.07, 6.45) is 7.47. The molecule has 2 aromatic rings. The predicted octanol–water partition coefficient (Wildman–Crippen LogP) is 0.810. The maximum atomic E-state index is 9.12. The van der Waals surface area contributed by atoms with E-state index < -0.39 is 0 Å². The van der Waals surface area contributed by atoms with Crippen LogP contribution in [-0.4, -0.2) is 37.9 Å². The van der Waals surface area contributed by atoms with Crippen LogP contribution < -0.4 is 0 Å². The van der Waals surface area contributed by atoms with Crippen LogP contribution in [0.4, 0.5) is 0 Å². The number of aliphatic hydroxyl groups excluding tert-OH is 1. The first kappa shape index (κ1) is 12.7. The van der Waals surface area contributed by atoms with Gasteiger partial charge in [-0.3, -0.25) is 14.6 Å². The molecule has 0 radical (unpaired) electrons. The highest BCUT2D eigenvalue weighted by molar-refractivity contribution is 5.09. The minimum Gasteiger partial charge on any atom is -0.395 e. The maximum absolute atomic E-state index is 9.12. The number of rotatable bonds is 6. The minimum absolute atomic E-state index is 0.153. The van der Waals surface area contributed by atoms with Crippen LogP contribution in [0.2, 0.25) is 0 Å². The van der Waals surface area contributed by atoms with Crippen molar-refractivity contribution in [3.63, 3.8) is 0 Å². The van der Waals surface area contributed by atoms with Crippen LogP contribution >= 0.6 is 0 Å². The Labute approximate surface area is 107 Å². The normalized spacial score (nSPS) is 11.1. The zero-order valence-corrected chi connectivity index (χ0v) is 10.5. The van der Waals surface area contributed by atoms with Gasteiger partial charge in [0.1, 0.15) is 0 Å². The maximum Gasteiger partial charge on any atom is 0.0558 e. The number of aliphatic hydroxyl groups is 1. The Balaban J connectivity index is 1.99. The van der Waals surface area contributed by atoms with E-state index in [1.807, 2.05) is 37.8 Å². The smallest absolute Gasteiger partial charge is 0.0558 e. The average Bonchev–Trinajstić information content (AvgIpc) is 2.76. The molecule has 2 rings (SSSR count). The van der Waals surface area contributed by atoms with Crippen LogP contribution in [0.5, 0.6) is 0 Å². The summed E-state index contributed by atoms with van der Waals surface area (Å²) >= 11 is 0. The van der Waals surface area contributed by atoms with E-state index in [1.54, 1.807) is 10.9 Å². The molecule has 0 bridgehead atoms. The van der Waals surface area contributed by atoms with E-state index in [9.17, 15) is 0 Å². The average molecular weight is 246 g/mol. The number of hydrogen-bond donors (Lipinski definition) is 1. The van der Waals surface area contributed by atoms with Crippen molar-refractivity contribution in [1.29, 1.82) is 0 Å². The van der Waals surface area contributed by atoms with E-state index in [0.717, 1.165) is 24.2 Å². The topological polar surface area (TPSA) is 54.2 Å². The number of pyridine rings is 1. The third kappa shape index (κ3) is 3.65. The van der Waals surface area contributed by atoms with Gasteiger partial charge < -0.3 is 5.11 Å². The fourth-order valence-corrected chi connectivity index (χ4v) is 1.92. The molecule has 0 amide bonds. The first-order chi connectivity index (χ1) is 8.78. The third-order valence-electron chi connectivity index (χ3n) is 2.71. The highest BCUT2D eigenvalue weighted by Crippen LogP contribution is 2.08. The van der Waals surface area contributed by atoms with Crippen LogP contribution in [0.1, 0.15) is 11.1 Å². The zero-order valence-electron chi connectivity index (χ0n) is 10.5. The molecule has 0 unspecified atom stereocenters. The van der Waals surface area contributed by atoms with Crippen molar-refractivity contribution >= 4 is 0 Å². The molecule has 5 heteroatoms. The van der Waals surface area contributed by atoms with Crippen molar-refractivity contribution in [2.45, 2.75) is 13.1 Å². The van der Waals surface area contributed by atoms with E-state index in [-0.39, 0.29) is 6.61 Å². The number of nitrogens with zero attached hydrogens (tertiary/aromatic N) is 4. The molecule has 96 valence electrons. The monoisotopic (exact) mass is 246 g/mol. The highest BCUT2D eigenvalue weighted by Gasteiger charge is 2.07. The lowest BCUT2D eigenvalue weighted by molar-refractivity contribution is 0.184. The Kier molecular flexibility index (Phi) is 4.44. The lowest BCUT2D eigenvalue weighted by atomic mass is 10.2. The fraction of sp³-hybridized carbons (Fsp3) is 0.385. The van der Waals surface area contributed by atoms with Gasteiger partial charge in [-0.25, -0.2) is 0 Å². The third-order valence-corrected chi connectivity index (χ3v) is 2.71. The second-order valence-corrected chi connectivity index (χ2v) is 4.32. The molecule has 1 N–H and O–H groups in total. The van der Waals surface area contributed by atoms with Crippen molar-refractivity contribution in [3.05, 3.63) is 48.0 Å². The van der Waals surface area contributed by atoms with Crippen molar-refractivity contribution in [2.24, 2.45) is 7.05 Å². The van der Waals surface area contributed by atoms with Gasteiger partial charge in [0.25, 0.3) is 0 Å². The van der Waals surface area contributed by atoms with Gasteiger partial charge in [0.2, 0.25) is 0 Å². The molecule has 0 atom stereocenters. The van der Waals surface area contributed by atoms with E-state index in [1.165, 1.54) is 0 Å². The molecule has 0 aliphatic heterocycles. The van der Waals surface area contributed by atoms with Crippen molar-refractivity contribution in [3.8, 4) is 0 Å². The quantitative estimate of drug-likeness (QED) is 0.819. The summed E-state index contributed by atoms with van der Waals surface area (Å²) in [5, 5.41) is 13.3. The fourth-order valence-electron chi connectivity index (χ4n) is 1.92. The van der Waals surface area contributed by atoms with Crippen LogP contribution in [0.25, 0.3) is 0 Å². The van der Waals surface area contributed by atoms with Gasteiger partial charge in [-0.15, -0.1) is 0 Å². The minimum atomic E-state index is 0.153. The van der Waals surface area contributed by atoms with Gasteiger partial charge in [0.05, 0.1) is 12.8 Å². The lowest BCUT2D eigenvalue weighted by Crippen LogP contribution is -2.25. The molecule has 2 heterocycles. The molecule has 0 spiro atoms. The van der Waals surface area contributed by atoms with Crippen LogP contribution in [0.3, 0.4) is 0 Å². The molecular formula is C13H18N4O. The highest BCUT2D eigenvalue weighted by atomic mass is 16.3. The Morgan fingerprint density at radius 3 is 2.72 bits per heavy atom. The molecule has 0 aromatic carbocycles. The predicted molar refractivity (Wildman–Crippen MR) is 68.6 cm³/mol. The first-order valence-electron chi connectivity index (χ1n) is 5.97. The number of aromatic nitrogens is 3. The standard InChI is InChI=1S/C13H18N4O/c1-16-9-13(8-15-16)11-17(5-6-18)10-12-3-2-4-14-7-12/h2-4,7-9,18H,5-6,10-11H2,1H3. The van der Waals surface area contributed by atoms with E-state index in [0.29, 0.717) is 6.54 Å². The summed E-state index contributed by atoms with van der Waals surface area (Å²) < 4.78 is 1.79. The Bertz CT molecular complexity index is 469. The van der Waals surface area contributed by atoms with Gasteiger partial charge in [-0.05, 0) is 11.6 Å². The Morgan fingerprint density at radius 1 is 1.28 bits per heavy atom. The van der Waals surface area contributed by atoms with E-state index in [2.05, 4.69) is 15.0 Å². The largest absolute Gasteiger partial charge is 0.395 e. The van der Waals surface area contributed by atoms with Gasteiger partial charge in [0, 0.05) is 50.8 Å². The summed E-state index contributed by atoms with van der Waals surface area (Å²) in [7, 11) is 1.90. The van der Waals surface area contributed by atoms with Crippen LogP contribution in [-0.2, 0) is 20.1 Å². The van der Waals surface area contributed by atoms with E-state index in [4.69, 9.17) is 5.11 Å². The second-order valence-electron chi connectivity index (χ2n) is 4.32. The number of aryl methyl sites for hydroxylation is 1. The summed E-state index contributed by atoms with van der Waals surface area (Å²) in [5.74, 6) is 0. The summed E-state index contributed by atoms with van der Waals surface area (Å²) in [6, 6.07) is 3.97. The molecule has 2 aromatic heterocycles. The Hall–Kier alpha value is -1.72. The van der Waals surface area contributed by atoms with Crippen molar-refractivity contribution in [2.75, 3.05) is 13.2 Å². The number of hydrogen-bond acceptors (Lipinski definition) is 4. The molecule has 18 heavy (non-hydrogen) atoms. The Morgan fingerprint density at radius 2 is 2.11 bits per heavy atom. The van der Waals surface area contributed by atoms with Gasteiger partial charge in [-0.2, -0.15) is 5.10 Å². The van der Waals surface area contributed by atoms with Crippen LogP contribution in [0, 0.1) is 0 Å².